The summed E-state index contributed by atoms with van der Waals surface area (Å²) in [5, 5.41) is 2.67. The number of rotatable bonds is 3. The summed E-state index contributed by atoms with van der Waals surface area (Å²) >= 11 is 0. The number of anilines is 1. The number of hydrogen-bond acceptors (Lipinski definition) is 4. The molecule has 1 N–H and O–H groups in total. The fourth-order valence-electron chi connectivity index (χ4n) is 4.32. The standard InChI is InChI=1S/C25H17N3O3S/c1-15-9-12-17(13-10-15)32(30,31)27-20-14-11-16-5-4-6-18-22(16)23(20)25(29)28-21-8-3-2-7-19(21)26-24(18)28/h2-14,27H,1H3. The Hall–Kier alpha value is -3.97. The molecule has 7 heteroatoms. The van der Waals surface area contributed by atoms with Gasteiger partial charge in [0.05, 0.1) is 27.0 Å². The molecule has 0 aliphatic carbocycles. The Labute approximate surface area is 183 Å². The molecule has 0 fully saturated rings. The summed E-state index contributed by atoms with van der Waals surface area (Å²) in [6.07, 6.45) is 0. The molecule has 0 unspecified atom stereocenters. The van der Waals surface area contributed by atoms with Gasteiger partial charge >= 0.3 is 0 Å². The van der Waals surface area contributed by atoms with E-state index in [1.54, 1.807) is 34.7 Å². The molecule has 0 aliphatic heterocycles. The van der Waals surface area contributed by atoms with E-state index in [0.29, 0.717) is 27.5 Å². The minimum absolute atomic E-state index is 0.140. The topological polar surface area (TPSA) is 80.5 Å². The summed E-state index contributed by atoms with van der Waals surface area (Å²) in [6, 6.07) is 23.2. The number of nitrogens with zero attached hydrogens (tertiary/aromatic N) is 2. The van der Waals surface area contributed by atoms with E-state index in [-0.39, 0.29) is 16.1 Å². The van der Waals surface area contributed by atoms with Crippen LogP contribution in [0.5, 0.6) is 0 Å². The number of benzene rings is 4. The first-order valence-corrected chi connectivity index (χ1v) is 11.6. The number of nitrogens with one attached hydrogen (secondary N) is 1. The Morgan fingerprint density at radius 2 is 1.62 bits per heavy atom. The van der Waals surface area contributed by atoms with Crippen LogP contribution in [0.15, 0.2) is 88.6 Å². The van der Waals surface area contributed by atoms with Crippen molar-refractivity contribution in [3.05, 3.63) is 94.8 Å². The molecule has 156 valence electrons. The van der Waals surface area contributed by atoms with Gasteiger partial charge in [0.1, 0.15) is 5.65 Å². The number of imidazole rings is 1. The van der Waals surface area contributed by atoms with Crippen LogP contribution >= 0.6 is 0 Å². The first-order valence-electron chi connectivity index (χ1n) is 10.1. The van der Waals surface area contributed by atoms with Crippen LogP contribution in [-0.2, 0) is 10.0 Å². The van der Waals surface area contributed by atoms with Crippen LogP contribution in [0.4, 0.5) is 5.69 Å². The van der Waals surface area contributed by atoms with Crippen molar-refractivity contribution in [2.45, 2.75) is 11.8 Å². The van der Waals surface area contributed by atoms with Crippen molar-refractivity contribution < 1.29 is 8.42 Å². The summed E-state index contributed by atoms with van der Waals surface area (Å²) in [4.78, 5) is 18.6. The molecule has 0 amide bonds. The Morgan fingerprint density at radius 3 is 2.44 bits per heavy atom. The number of para-hydroxylation sites is 2. The maximum atomic E-state index is 13.7. The lowest BCUT2D eigenvalue weighted by molar-refractivity contribution is 0.601. The van der Waals surface area contributed by atoms with Crippen molar-refractivity contribution >= 4 is 53.9 Å². The van der Waals surface area contributed by atoms with E-state index in [4.69, 9.17) is 4.98 Å². The molecule has 0 atom stereocenters. The highest BCUT2D eigenvalue weighted by Crippen LogP contribution is 2.34. The third-order valence-electron chi connectivity index (χ3n) is 5.84. The van der Waals surface area contributed by atoms with Crippen LogP contribution < -0.4 is 10.3 Å². The van der Waals surface area contributed by atoms with E-state index in [9.17, 15) is 13.2 Å². The van der Waals surface area contributed by atoms with Crippen molar-refractivity contribution in [3.63, 3.8) is 0 Å². The number of hydrogen-bond donors (Lipinski definition) is 1. The normalized spacial score (nSPS) is 12.3. The Kier molecular flexibility index (Phi) is 3.82. The van der Waals surface area contributed by atoms with Crippen LogP contribution in [0.2, 0.25) is 0 Å². The van der Waals surface area contributed by atoms with Crippen LogP contribution in [0.25, 0.3) is 38.2 Å². The second kappa shape index (κ2) is 6.51. The zero-order valence-electron chi connectivity index (χ0n) is 17.0. The van der Waals surface area contributed by atoms with Crippen LogP contribution in [0.3, 0.4) is 0 Å². The highest BCUT2D eigenvalue weighted by molar-refractivity contribution is 7.92. The number of aromatic nitrogens is 2. The molecule has 0 spiro atoms. The number of pyridine rings is 1. The number of sulfonamides is 1. The summed E-state index contributed by atoms with van der Waals surface area (Å²) in [6.45, 7) is 1.89. The fourth-order valence-corrected chi connectivity index (χ4v) is 5.39. The lowest BCUT2D eigenvalue weighted by Gasteiger charge is -2.14. The molecule has 0 aliphatic rings. The first kappa shape index (κ1) is 18.8. The first-order chi connectivity index (χ1) is 15.4. The molecule has 6 nitrogen and oxygen atoms in total. The molecule has 2 aromatic heterocycles. The molecule has 6 rings (SSSR count). The van der Waals surface area contributed by atoms with Gasteiger partial charge in [0.25, 0.3) is 15.6 Å². The van der Waals surface area contributed by atoms with Crippen molar-refractivity contribution in [2.75, 3.05) is 4.72 Å². The summed E-state index contributed by atoms with van der Waals surface area (Å²) in [7, 11) is -3.88. The second-order valence-electron chi connectivity index (χ2n) is 7.88. The van der Waals surface area contributed by atoms with Crippen LogP contribution in [-0.4, -0.2) is 17.8 Å². The quantitative estimate of drug-likeness (QED) is 0.433. The van der Waals surface area contributed by atoms with Gasteiger partial charge in [-0.05, 0) is 42.6 Å². The van der Waals surface area contributed by atoms with Gasteiger partial charge in [0.15, 0.2) is 0 Å². The third kappa shape index (κ3) is 2.61. The minimum atomic E-state index is -3.88. The summed E-state index contributed by atoms with van der Waals surface area (Å²) in [5.41, 5.74) is 2.87. The summed E-state index contributed by atoms with van der Waals surface area (Å²) < 4.78 is 30.4. The molecule has 2 heterocycles. The van der Waals surface area contributed by atoms with E-state index >= 15 is 0 Å². The van der Waals surface area contributed by atoms with Gasteiger partial charge in [0.2, 0.25) is 0 Å². The average Bonchev–Trinajstić information content (AvgIpc) is 3.18. The third-order valence-corrected chi connectivity index (χ3v) is 7.22. The van der Waals surface area contributed by atoms with Gasteiger partial charge in [-0.25, -0.2) is 13.4 Å². The maximum absolute atomic E-state index is 13.7. The van der Waals surface area contributed by atoms with E-state index in [0.717, 1.165) is 16.3 Å². The Balaban J connectivity index is 1.70. The molecule has 0 saturated carbocycles. The van der Waals surface area contributed by atoms with E-state index in [1.165, 1.54) is 0 Å². The van der Waals surface area contributed by atoms with E-state index in [1.807, 2.05) is 55.5 Å². The van der Waals surface area contributed by atoms with Gasteiger partial charge < -0.3 is 0 Å². The monoisotopic (exact) mass is 439 g/mol. The van der Waals surface area contributed by atoms with Crippen molar-refractivity contribution in [2.24, 2.45) is 0 Å². The smallest absolute Gasteiger partial charge is 0.266 e. The molecule has 0 bridgehead atoms. The maximum Gasteiger partial charge on any atom is 0.266 e. The SMILES string of the molecule is Cc1ccc(S(=O)(=O)Nc2ccc3cccc4c3c2c(=O)n2c3ccccc3nc42)cc1. The van der Waals surface area contributed by atoms with Gasteiger partial charge in [-0.2, -0.15) is 0 Å². The minimum Gasteiger partial charge on any atom is -0.279 e. The largest absolute Gasteiger partial charge is 0.279 e. The highest BCUT2D eigenvalue weighted by Gasteiger charge is 2.21. The van der Waals surface area contributed by atoms with Gasteiger partial charge in [-0.3, -0.25) is 13.9 Å². The Morgan fingerprint density at radius 1 is 0.844 bits per heavy atom. The van der Waals surface area contributed by atoms with Crippen molar-refractivity contribution in [1.82, 2.24) is 9.38 Å². The fraction of sp³-hybridized carbons (Fsp3) is 0.0400. The predicted octanol–water partition coefficient (Wildman–Crippen LogP) is 4.70. The second-order valence-corrected chi connectivity index (χ2v) is 9.56. The molecule has 0 radical (unpaired) electrons. The molecule has 0 saturated heterocycles. The number of aryl methyl sites for hydroxylation is 1. The molecular formula is C25H17N3O3S. The molecule has 6 aromatic rings. The predicted molar refractivity (Wildman–Crippen MR) is 127 cm³/mol. The van der Waals surface area contributed by atoms with E-state index in [2.05, 4.69) is 4.72 Å². The van der Waals surface area contributed by atoms with Gasteiger partial charge in [0, 0.05) is 10.8 Å². The van der Waals surface area contributed by atoms with Gasteiger partial charge in [-0.1, -0.05) is 54.1 Å². The highest BCUT2D eigenvalue weighted by atomic mass is 32.2. The zero-order valence-corrected chi connectivity index (χ0v) is 17.8. The van der Waals surface area contributed by atoms with Gasteiger partial charge in [-0.15, -0.1) is 0 Å². The Bertz CT molecular complexity index is 1840. The lowest BCUT2D eigenvalue weighted by Crippen LogP contribution is -2.18. The van der Waals surface area contributed by atoms with Crippen LogP contribution in [0.1, 0.15) is 5.56 Å². The van der Waals surface area contributed by atoms with Crippen molar-refractivity contribution in [3.8, 4) is 0 Å². The molecular weight excluding hydrogens is 422 g/mol. The lowest BCUT2D eigenvalue weighted by atomic mass is 10.0. The van der Waals surface area contributed by atoms with E-state index < -0.39 is 10.0 Å². The van der Waals surface area contributed by atoms with Crippen LogP contribution in [0, 0.1) is 6.92 Å². The van der Waals surface area contributed by atoms with Crippen molar-refractivity contribution in [1.29, 1.82) is 0 Å². The zero-order chi connectivity index (χ0) is 22.0. The number of fused-ring (bicyclic) bond motifs is 4. The average molecular weight is 439 g/mol. The summed E-state index contributed by atoms with van der Waals surface area (Å²) in [5.74, 6) is 0. The molecule has 4 aromatic carbocycles. The molecule has 32 heavy (non-hydrogen) atoms.